The molecule has 1 saturated carbocycles. The Hall–Kier alpha value is -0.850. The van der Waals surface area contributed by atoms with Gasteiger partial charge >= 0.3 is 6.18 Å². The van der Waals surface area contributed by atoms with E-state index in [2.05, 4.69) is 29.4 Å². The molecule has 7 heteroatoms. The van der Waals surface area contributed by atoms with Crippen LogP contribution in [0, 0.1) is 11.3 Å². The number of alkyl halides is 3. The maximum absolute atomic E-state index is 12.3. The summed E-state index contributed by atoms with van der Waals surface area (Å²) in [6.07, 6.45) is -2.14. The van der Waals surface area contributed by atoms with Gasteiger partial charge in [-0.1, -0.05) is 25.2 Å². The lowest BCUT2D eigenvalue weighted by Crippen LogP contribution is -2.20. The molecular formula is C10H14F3N3S. The molecule has 0 unspecified atom stereocenters. The minimum Gasteiger partial charge on any atom is -0.360 e. The van der Waals surface area contributed by atoms with Crippen LogP contribution in [0.4, 0.5) is 18.3 Å². The van der Waals surface area contributed by atoms with Crippen LogP contribution in [0.2, 0.25) is 0 Å². The average molecular weight is 265 g/mol. The van der Waals surface area contributed by atoms with Gasteiger partial charge in [0.2, 0.25) is 10.1 Å². The summed E-state index contributed by atoms with van der Waals surface area (Å²) in [6, 6.07) is 0. The fourth-order valence-corrected chi connectivity index (χ4v) is 2.39. The van der Waals surface area contributed by atoms with Crippen molar-refractivity contribution >= 4 is 16.5 Å². The number of halogens is 3. The summed E-state index contributed by atoms with van der Waals surface area (Å²) in [7, 11) is 0. The van der Waals surface area contributed by atoms with E-state index in [-0.39, 0.29) is 10.5 Å². The largest absolute Gasteiger partial charge is 0.445 e. The molecule has 1 heterocycles. The second-order valence-electron chi connectivity index (χ2n) is 4.78. The fourth-order valence-electron chi connectivity index (χ4n) is 1.78. The summed E-state index contributed by atoms with van der Waals surface area (Å²) in [5.41, 5.74) is 0.240. The quantitative estimate of drug-likeness (QED) is 0.906. The molecule has 0 bridgehead atoms. The van der Waals surface area contributed by atoms with E-state index in [4.69, 9.17) is 0 Å². The van der Waals surface area contributed by atoms with E-state index < -0.39 is 11.2 Å². The van der Waals surface area contributed by atoms with Crippen molar-refractivity contribution in [2.75, 3.05) is 11.9 Å². The van der Waals surface area contributed by atoms with Crippen LogP contribution < -0.4 is 5.32 Å². The van der Waals surface area contributed by atoms with Crippen molar-refractivity contribution in [3.05, 3.63) is 5.01 Å². The summed E-state index contributed by atoms with van der Waals surface area (Å²) in [5.74, 6) is 0.532. The Labute approximate surface area is 101 Å². The number of nitrogens with zero attached hydrogens (tertiary/aromatic N) is 2. The lowest BCUT2D eigenvalue weighted by molar-refractivity contribution is -0.138. The second kappa shape index (κ2) is 4.12. The number of anilines is 1. The summed E-state index contributed by atoms with van der Waals surface area (Å²) < 4.78 is 36.9. The zero-order chi connectivity index (χ0) is 12.7. The Kier molecular flexibility index (Phi) is 3.05. The predicted molar refractivity (Wildman–Crippen MR) is 59.9 cm³/mol. The Morgan fingerprint density at radius 3 is 2.41 bits per heavy atom. The first-order valence-electron chi connectivity index (χ1n) is 5.48. The van der Waals surface area contributed by atoms with Crippen LogP contribution in [-0.4, -0.2) is 16.7 Å². The molecule has 2 rings (SSSR count). The van der Waals surface area contributed by atoms with Crippen molar-refractivity contribution in [1.82, 2.24) is 10.2 Å². The summed E-state index contributed by atoms with van der Waals surface area (Å²) in [6.45, 7) is 4.95. The number of aromatic nitrogens is 2. The van der Waals surface area contributed by atoms with Crippen LogP contribution in [0.15, 0.2) is 0 Å². The molecule has 1 aliphatic carbocycles. The Morgan fingerprint density at radius 2 is 2.00 bits per heavy atom. The predicted octanol–water partition coefficient (Wildman–Crippen LogP) is 3.41. The molecule has 1 fully saturated rings. The molecule has 0 saturated heterocycles. The number of rotatable bonds is 4. The van der Waals surface area contributed by atoms with Gasteiger partial charge in [0, 0.05) is 6.54 Å². The van der Waals surface area contributed by atoms with E-state index in [9.17, 15) is 13.2 Å². The molecule has 0 aliphatic heterocycles. The van der Waals surface area contributed by atoms with E-state index >= 15 is 0 Å². The van der Waals surface area contributed by atoms with Crippen LogP contribution >= 0.6 is 11.3 Å². The van der Waals surface area contributed by atoms with Crippen LogP contribution in [0.25, 0.3) is 0 Å². The first kappa shape index (κ1) is 12.6. The summed E-state index contributed by atoms with van der Waals surface area (Å²) >= 11 is 0.562. The first-order valence-corrected chi connectivity index (χ1v) is 6.30. The van der Waals surface area contributed by atoms with E-state index in [1.54, 1.807) is 0 Å². The van der Waals surface area contributed by atoms with Crippen molar-refractivity contribution in [2.24, 2.45) is 11.3 Å². The van der Waals surface area contributed by atoms with Gasteiger partial charge in [-0.3, -0.25) is 0 Å². The smallest absolute Gasteiger partial charge is 0.360 e. The monoisotopic (exact) mass is 265 g/mol. The van der Waals surface area contributed by atoms with E-state index in [1.165, 1.54) is 0 Å². The van der Waals surface area contributed by atoms with Gasteiger partial charge < -0.3 is 5.32 Å². The first-order chi connectivity index (χ1) is 7.83. The number of nitrogens with one attached hydrogen (secondary N) is 1. The third-order valence-corrected chi connectivity index (χ3v) is 4.30. The van der Waals surface area contributed by atoms with Gasteiger partial charge in [-0.25, -0.2) is 0 Å². The van der Waals surface area contributed by atoms with Crippen LogP contribution in [0.5, 0.6) is 0 Å². The van der Waals surface area contributed by atoms with Crippen molar-refractivity contribution in [2.45, 2.75) is 32.9 Å². The maximum atomic E-state index is 12.3. The average Bonchev–Trinajstić information content (AvgIpc) is 2.85. The number of hydrogen-bond donors (Lipinski definition) is 1. The van der Waals surface area contributed by atoms with E-state index in [1.807, 2.05) is 0 Å². The van der Waals surface area contributed by atoms with Crippen LogP contribution in [-0.2, 0) is 6.18 Å². The molecule has 1 aliphatic rings. The highest BCUT2D eigenvalue weighted by Gasteiger charge is 2.45. The Morgan fingerprint density at radius 1 is 1.35 bits per heavy atom. The topological polar surface area (TPSA) is 37.8 Å². The van der Waals surface area contributed by atoms with Crippen molar-refractivity contribution in [3.8, 4) is 0 Å². The second-order valence-corrected chi connectivity index (χ2v) is 5.76. The van der Waals surface area contributed by atoms with E-state index in [0.29, 0.717) is 23.8 Å². The van der Waals surface area contributed by atoms with Crippen molar-refractivity contribution < 1.29 is 13.2 Å². The maximum Gasteiger partial charge on any atom is 0.445 e. The molecule has 0 radical (unpaired) electrons. The van der Waals surface area contributed by atoms with Crippen LogP contribution in [0.1, 0.15) is 31.7 Å². The van der Waals surface area contributed by atoms with Crippen molar-refractivity contribution in [1.29, 1.82) is 0 Å². The highest BCUT2D eigenvalue weighted by atomic mass is 32.1. The molecule has 1 aromatic rings. The SMILES string of the molecule is CC(C)C1(CNc2nnc(C(F)(F)F)s2)CC1. The summed E-state index contributed by atoms with van der Waals surface area (Å²) in [4.78, 5) is 0. The molecule has 0 atom stereocenters. The summed E-state index contributed by atoms with van der Waals surface area (Å²) in [5, 5.41) is 8.97. The highest BCUT2D eigenvalue weighted by molar-refractivity contribution is 7.15. The molecule has 0 spiro atoms. The van der Waals surface area contributed by atoms with Gasteiger partial charge in [0.15, 0.2) is 0 Å². The molecule has 1 N–H and O–H groups in total. The molecule has 0 aromatic carbocycles. The van der Waals surface area contributed by atoms with Gasteiger partial charge in [-0.15, -0.1) is 10.2 Å². The molecule has 3 nitrogen and oxygen atoms in total. The molecule has 96 valence electrons. The third kappa shape index (κ3) is 2.70. The van der Waals surface area contributed by atoms with E-state index in [0.717, 1.165) is 12.8 Å². The van der Waals surface area contributed by atoms with Gasteiger partial charge in [0.25, 0.3) is 0 Å². The normalized spacial score (nSPS) is 18.5. The minimum atomic E-state index is -4.40. The Balaban J connectivity index is 1.94. The standard InChI is InChI=1S/C10H14F3N3S/c1-6(2)9(3-4-9)5-14-8-16-15-7(17-8)10(11,12)13/h6H,3-5H2,1-2H3,(H,14,16). The van der Waals surface area contributed by atoms with Crippen LogP contribution in [0.3, 0.4) is 0 Å². The van der Waals surface area contributed by atoms with Gasteiger partial charge in [0.05, 0.1) is 0 Å². The van der Waals surface area contributed by atoms with Gasteiger partial charge in [-0.05, 0) is 24.2 Å². The van der Waals surface area contributed by atoms with Gasteiger partial charge in [0.1, 0.15) is 0 Å². The third-order valence-electron chi connectivity index (χ3n) is 3.38. The molecule has 17 heavy (non-hydrogen) atoms. The minimum absolute atomic E-state index is 0.240. The zero-order valence-corrected chi connectivity index (χ0v) is 10.5. The molecule has 1 aromatic heterocycles. The highest BCUT2D eigenvalue weighted by Crippen LogP contribution is 2.51. The lowest BCUT2D eigenvalue weighted by atomic mass is 9.92. The molecule has 0 amide bonds. The molecular weight excluding hydrogens is 251 g/mol. The fraction of sp³-hybridized carbons (Fsp3) is 0.800. The lowest BCUT2D eigenvalue weighted by Gasteiger charge is -2.19. The van der Waals surface area contributed by atoms with Gasteiger partial charge in [-0.2, -0.15) is 13.2 Å². The zero-order valence-electron chi connectivity index (χ0n) is 9.64. The number of hydrogen-bond acceptors (Lipinski definition) is 4. The Bertz CT molecular complexity index is 396. The van der Waals surface area contributed by atoms with Crippen molar-refractivity contribution in [3.63, 3.8) is 0 Å².